The van der Waals surface area contributed by atoms with Crippen LogP contribution in [-0.4, -0.2) is 12.0 Å². The van der Waals surface area contributed by atoms with Crippen LogP contribution in [0.3, 0.4) is 0 Å². The summed E-state index contributed by atoms with van der Waals surface area (Å²) in [5, 5.41) is 0. The maximum absolute atomic E-state index is 5.79. The zero-order valence-electron chi connectivity index (χ0n) is 10.3. The smallest absolute Gasteiger partial charge is 0.0598 e. The fraction of sp³-hybridized carbons (Fsp3) is 0.214. The summed E-state index contributed by atoms with van der Waals surface area (Å²) >= 11 is 3.47. The predicted octanol–water partition coefficient (Wildman–Crippen LogP) is 2.94. The number of nitrogens with zero attached hydrogens (tertiary/aromatic N) is 2. The lowest BCUT2D eigenvalue weighted by Crippen LogP contribution is -2.19. The Labute approximate surface area is 116 Å². The van der Waals surface area contributed by atoms with Crippen molar-refractivity contribution in [1.29, 1.82) is 0 Å². The van der Waals surface area contributed by atoms with Gasteiger partial charge in [0.1, 0.15) is 0 Å². The zero-order chi connectivity index (χ0) is 13.0. The third-order valence-electron chi connectivity index (χ3n) is 2.80. The van der Waals surface area contributed by atoms with E-state index in [0.29, 0.717) is 6.54 Å². The molecular formula is C14H16BrN3. The van der Waals surface area contributed by atoms with E-state index in [2.05, 4.69) is 45.0 Å². The second kappa shape index (κ2) is 5.98. The number of hydrogen-bond donors (Lipinski definition) is 1. The number of aromatic nitrogens is 1. The summed E-state index contributed by atoms with van der Waals surface area (Å²) in [6.45, 7) is 1.30. The third-order valence-corrected chi connectivity index (χ3v) is 3.29. The topological polar surface area (TPSA) is 42.2 Å². The molecule has 2 N–H and O–H groups in total. The lowest BCUT2D eigenvalue weighted by Gasteiger charge is -2.22. The molecule has 18 heavy (non-hydrogen) atoms. The van der Waals surface area contributed by atoms with E-state index < -0.39 is 0 Å². The highest BCUT2D eigenvalue weighted by Gasteiger charge is 2.08. The number of benzene rings is 1. The van der Waals surface area contributed by atoms with Crippen molar-refractivity contribution in [3.05, 3.63) is 58.3 Å². The van der Waals surface area contributed by atoms with E-state index in [1.165, 1.54) is 0 Å². The monoisotopic (exact) mass is 305 g/mol. The molecule has 0 saturated heterocycles. The fourth-order valence-corrected chi connectivity index (χ4v) is 2.32. The van der Waals surface area contributed by atoms with Gasteiger partial charge < -0.3 is 10.6 Å². The van der Waals surface area contributed by atoms with Crippen LogP contribution in [-0.2, 0) is 13.1 Å². The van der Waals surface area contributed by atoms with Crippen LogP contribution in [0.1, 0.15) is 11.3 Å². The minimum absolute atomic E-state index is 0.529. The Morgan fingerprint density at radius 2 is 2.11 bits per heavy atom. The van der Waals surface area contributed by atoms with E-state index in [9.17, 15) is 0 Å². The van der Waals surface area contributed by atoms with Crippen LogP contribution in [0.2, 0.25) is 0 Å². The van der Waals surface area contributed by atoms with Crippen LogP contribution in [0.4, 0.5) is 5.69 Å². The lowest BCUT2D eigenvalue weighted by atomic mass is 10.1. The lowest BCUT2D eigenvalue weighted by molar-refractivity contribution is 0.872. The van der Waals surface area contributed by atoms with Gasteiger partial charge in [0.05, 0.1) is 12.2 Å². The number of hydrogen-bond acceptors (Lipinski definition) is 3. The molecule has 2 rings (SSSR count). The number of anilines is 1. The Kier molecular flexibility index (Phi) is 4.33. The molecule has 1 aromatic heterocycles. The van der Waals surface area contributed by atoms with E-state index in [1.54, 1.807) is 0 Å². The van der Waals surface area contributed by atoms with E-state index in [4.69, 9.17) is 5.73 Å². The molecule has 94 valence electrons. The summed E-state index contributed by atoms with van der Waals surface area (Å²) in [4.78, 5) is 6.50. The molecule has 0 spiro atoms. The van der Waals surface area contributed by atoms with Crippen LogP contribution in [0.15, 0.2) is 47.1 Å². The molecule has 0 amide bonds. The van der Waals surface area contributed by atoms with Crippen molar-refractivity contribution in [3.8, 4) is 0 Å². The Morgan fingerprint density at radius 3 is 2.78 bits per heavy atom. The molecule has 0 saturated carbocycles. The maximum atomic E-state index is 5.79. The Balaban J connectivity index is 2.21. The van der Waals surface area contributed by atoms with Crippen LogP contribution >= 0.6 is 15.9 Å². The molecule has 0 bridgehead atoms. The first kappa shape index (κ1) is 13.1. The van der Waals surface area contributed by atoms with Gasteiger partial charge in [0, 0.05) is 29.9 Å². The van der Waals surface area contributed by atoms with Crippen molar-refractivity contribution >= 4 is 21.6 Å². The van der Waals surface area contributed by atoms with E-state index in [-0.39, 0.29) is 0 Å². The Morgan fingerprint density at radius 1 is 1.28 bits per heavy atom. The highest BCUT2D eigenvalue weighted by Crippen LogP contribution is 2.24. The van der Waals surface area contributed by atoms with Gasteiger partial charge in [-0.3, -0.25) is 4.98 Å². The molecule has 4 heteroatoms. The molecule has 0 unspecified atom stereocenters. The first-order chi connectivity index (χ1) is 8.70. The van der Waals surface area contributed by atoms with E-state index >= 15 is 0 Å². The normalized spacial score (nSPS) is 10.4. The van der Waals surface area contributed by atoms with Crippen LogP contribution < -0.4 is 10.6 Å². The van der Waals surface area contributed by atoms with Crippen molar-refractivity contribution < 1.29 is 0 Å². The van der Waals surface area contributed by atoms with Gasteiger partial charge in [-0.05, 0) is 35.9 Å². The summed E-state index contributed by atoms with van der Waals surface area (Å²) in [6.07, 6.45) is 1.81. The highest BCUT2D eigenvalue weighted by atomic mass is 79.9. The van der Waals surface area contributed by atoms with Gasteiger partial charge in [-0.25, -0.2) is 0 Å². The molecule has 0 atom stereocenters. The van der Waals surface area contributed by atoms with Gasteiger partial charge in [0.15, 0.2) is 0 Å². The molecule has 0 aliphatic carbocycles. The summed E-state index contributed by atoms with van der Waals surface area (Å²) in [5.74, 6) is 0. The second-order valence-corrected chi connectivity index (χ2v) is 5.07. The quantitative estimate of drug-likeness (QED) is 0.944. The molecular weight excluding hydrogens is 290 g/mol. The van der Waals surface area contributed by atoms with Gasteiger partial charge in [-0.1, -0.05) is 22.0 Å². The molecule has 3 nitrogen and oxygen atoms in total. The van der Waals surface area contributed by atoms with Crippen LogP contribution in [0.5, 0.6) is 0 Å². The number of rotatable bonds is 4. The van der Waals surface area contributed by atoms with Crippen LogP contribution in [0, 0.1) is 0 Å². The summed E-state index contributed by atoms with van der Waals surface area (Å²) in [7, 11) is 2.05. The van der Waals surface area contributed by atoms with Crippen molar-refractivity contribution in [2.24, 2.45) is 5.73 Å². The average molecular weight is 306 g/mol. The number of pyridine rings is 1. The molecule has 1 aromatic carbocycles. The summed E-state index contributed by atoms with van der Waals surface area (Å²) in [5.41, 5.74) is 9.11. The average Bonchev–Trinajstić information content (AvgIpc) is 2.39. The Bertz CT molecular complexity index is 514. The summed E-state index contributed by atoms with van der Waals surface area (Å²) in [6, 6.07) is 12.1. The van der Waals surface area contributed by atoms with Gasteiger partial charge in [0.25, 0.3) is 0 Å². The standard InChI is InChI=1S/C14H16BrN3/c1-18(10-13-4-2-3-7-17-13)14-6-5-12(15)8-11(14)9-16/h2-8H,9-10,16H2,1H3. The fourth-order valence-electron chi connectivity index (χ4n) is 1.91. The van der Waals surface area contributed by atoms with Crippen molar-refractivity contribution in [1.82, 2.24) is 4.98 Å². The largest absolute Gasteiger partial charge is 0.368 e. The molecule has 0 radical (unpaired) electrons. The molecule has 0 fully saturated rings. The van der Waals surface area contributed by atoms with E-state index in [1.807, 2.05) is 30.5 Å². The van der Waals surface area contributed by atoms with Gasteiger partial charge >= 0.3 is 0 Å². The second-order valence-electron chi connectivity index (χ2n) is 4.15. The Hall–Kier alpha value is -1.39. The molecule has 0 aliphatic rings. The SMILES string of the molecule is CN(Cc1ccccn1)c1ccc(Br)cc1CN. The van der Waals surface area contributed by atoms with E-state index in [0.717, 1.165) is 28.0 Å². The molecule has 0 aliphatic heterocycles. The van der Waals surface area contributed by atoms with Crippen LogP contribution in [0.25, 0.3) is 0 Å². The number of halogens is 1. The van der Waals surface area contributed by atoms with Gasteiger partial charge in [-0.2, -0.15) is 0 Å². The van der Waals surface area contributed by atoms with Crippen molar-refractivity contribution in [2.45, 2.75) is 13.1 Å². The van der Waals surface area contributed by atoms with Gasteiger partial charge in [0.2, 0.25) is 0 Å². The zero-order valence-corrected chi connectivity index (χ0v) is 11.9. The first-order valence-corrected chi connectivity index (χ1v) is 6.59. The minimum Gasteiger partial charge on any atom is -0.368 e. The van der Waals surface area contributed by atoms with Crippen molar-refractivity contribution in [3.63, 3.8) is 0 Å². The van der Waals surface area contributed by atoms with Gasteiger partial charge in [-0.15, -0.1) is 0 Å². The maximum Gasteiger partial charge on any atom is 0.0598 e. The highest BCUT2D eigenvalue weighted by molar-refractivity contribution is 9.10. The summed E-state index contributed by atoms with van der Waals surface area (Å²) < 4.78 is 1.05. The number of nitrogens with two attached hydrogens (primary N) is 1. The first-order valence-electron chi connectivity index (χ1n) is 5.80. The van der Waals surface area contributed by atoms with Crippen molar-refractivity contribution in [2.75, 3.05) is 11.9 Å². The molecule has 2 aromatic rings. The molecule has 1 heterocycles. The third kappa shape index (κ3) is 3.09. The minimum atomic E-state index is 0.529. The predicted molar refractivity (Wildman–Crippen MR) is 78.4 cm³/mol.